The average Bonchev–Trinajstić information content (AvgIpc) is 3.04. The summed E-state index contributed by atoms with van der Waals surface area (Å²) in [5.41, 5.74) is 2.56. The van der Waals surface area contributed by atoms with E-state index in [0.717, 1.165) is 5.56 Å². The Kier molecular flexibility index (Phi) is 6.09. The first-order chi connectivity index (χ1) is 14.5. The van der Waals surface area contributed by atoms with Crippen molar-refractivity contribution < 1.29 is 14.7 Å². The summed E-state index contributed by atoms with van der Waals surface area (Å²) in [6.07, 6.45) is 6.64. The van der Waals surface area contributed by atoms with Crippen LogP contribution < -0.4 is 10.6 Å². The Morgan fingerprint density at radius 3 is 2.37 bits per heavy atom. The van der Waals surface area contributed by atoms with Crippen LogP contribution in [0.1, 0.15) is 49.1 Å². The quantitative estimate of drug-likeness (QED) is 0.598. The van der Waals surface area contributed by atoms with Crippen LogP contribution >= 0.6 is 11.6 Å². The molecule has 2 amide bonds. The molecule has 1 aliphatic heterocycles. The molecule has 0 aromatic heterocycles. The van der Waals surface area contributed by atoms with Crippen LogP contribution in [0, 0.1) is 0 Å². The van der Waals surface area contributed by atoms with E-state index < -0.39 is 17.9 Å². The van der Waals surface area contributed by atoms with E-state index in [0.29, 0.717) is 23.0 Å². The Labute approximate surface area is 181 Å². The van der Waals surface area contributed by atoms with Crippen molar-refractivity contribution in [1.29, 1.82) is 0 Å². The number of rotatable bonds is 5. The van der Waals surface area contributed by atoms with E-state index in [1.807, 2.05) is 36.4 Å². The standard InChI is InChI=1S/C24H25ClN2O3/c25-18-10-6-15(7-11-18)14-20-22(28)21(24(30)27-20)23(29)26-19-12-8-17(9-13-19)16-4-2-1-3-5-16/h6-13,16,20,28H,1-5,14H2,(H,26,29)(H,27,30). The average molecular weight is 425 g/mol. The highest BCUT2D eigenvalue weighted by Gasteiger charge is 2.36. The molecule has 5 nitrogen and oxygen atoms in total. The molecule has 1 atom stereocenters. The van der Waals surface area contributed by atoms with Gasteiger partial charge in [-0.25, -0.2) is 0 Å². The van der Waals surface area contributed by atoms with Crippen LogP contribution in [0.5, 0.6) is 0 Å². The van der Waals surface area contributed by atoms with E-state index in [-0.39, 0.29) is 11.3 Å². The monoisotopic (exact) mass is 424 g/mol. The summed E-state index contributed by atoms with van der Waals surface area (Å²) in [5.74, 6) is -0.812. The van der Waals surface area contributed by atoms with Crippen molar-refractivity contribution >= 4 is 29.1 Å². The topological polar surface area (TPSA) is 78.4 Å². The molecule has 30 heavy (non-hydrogen) atoms. The number of aliphatic hydroxyl groups is 1. The van der Waals surface area contributed by atoms with Crippen LogP contribution in [0.2, 0.25) is 5.02 Å². The van der Waals surface area contributed by atoms with E-state index in [9.17, 15) is 14.7 Å². The number of halogens is 1. The van der Waals surface area contributed by atoms with Crippen LogP contribution in [-0.4, -0.2) is 23.0 Å². The minimum absolute atomic E-state index is 0.230. The lowest BCUT2D eigenvalue weighted by Crippen LogP contribution is -2.31. The van der Waals surface area contributed by atoms with Gasteiger partial charge in [-0.1, -0.05) is 55.1 Å². The summed E-state index contributed by atoms with van der Waals surface area (Å²) < 4.78 is 0. The molecule has 3 N–H and O–H groups in total. The number of nitrogens with one attached hydrogen (secondary N) is 2. The molecule has 1 fully saturated rings. The van der Waals surface area contributed by atoms with Crippen LogP contribution in [0.3, 0.4) is 0 Å². The largest absolute Gasteiger partial charge is 0.509 e. The van der Waals surface area contributed by atoms with E-state index in [4.69, 9.17) is 11.6 Å². The van der Waals surface area contributed by atoms with Crippen LogP contribution in [0.4, 0.5) is 5.69 Å². The van der Waals surface area contributed by atoms with Crippen molar-refractivity contribution in [1.82, 2.24) is 5.32 Å². The summed E-state index contributed by atoms with van der Waals surface area (Å²) in [6.45, 7) is 0. The van der Waals surface area contributed by atoms with Gasteiger partial charge in [0.25, 0.3) is 11.8 Å². The van der Waals surface area contributed by atoms with Gasteiger partial charge in [0.05, 0.1) is 6.04 Å². The zero-order chi connectivity index (χ0) is 21.1. The maximum Gasteiger partial charge on any atom is 0.264 e. The maximum atomic E-state index is 12.7. The van der Waals surface area contributed by atoms with Crippen molar-refractivity contribution in [3.8, 4) is 0 Å². The SMILES string of the molecule is O=C(Nc1ccc(C2CCCCC2)cc1)C1=C(O)C(Cc2ccc(Cl)cc2)NC1=O. The lowest BCUT2D eigenvalue weighted by atomic mass is 9.84. The number of carbonyl (C=O) groups is 2. The normalized spacial score (nSPS) is 19.6. The Balaban J connectivity index is 1.43. The molecular formula is C24H25ClN2O3. The zero-order valence-corrected chi connectivity index (χ0v) is 17.4. The molecule has 1 unspecified atom stereocenters. The zero-order valence-electron chi connectivity index (χ0n) is 16.7. The Hall–Kier alpha value is -2.79. The van der Waals surface area contributed by atoms with Gasteiger partial charge in [-0.15, -0.1) is 0 Å². The molecule has 2 aromatic carbocycles. The minimum Gasteiger partial charge on any atom is -0.509 e. The third kappa shape index (κ3) is 4.51. The summed E-state index contributed by atoms with van der Waals surface area (Å²) in [7, 11) is 0. The van der Waals surface area contributed by atoms with Gasteiger partial charge in [-0.3, -0.25) is 9.59 Å². The van der Waals surface area contributed by atoms with Gasteiger partial charge >= 0.3 is 0 Å². The molecule has 1 saturated carbocycles. The first kappa shape index (κ1) is 20.5. The Morgan fingerprint density at radius 2 is 1.70 bits per heavy atom. The van der Waals surface area contributed by atoms with Crippen LogP contribution in [-0.2, 0) is 16.0 Å². The smallest absolute Gasteiger partial charge is 0.264 e. The van der Waals surface area contributed by atoms with Gasteiger partial charge in [0.15, 0.2) is 0 Å². The van der Waals surface area contributed by atoms with Gasteiger partial charge in [0.2, 0.25) is 0 Å². The summed E-state index contributed by atoms with van der Waals surface area (Å²) in [4.78, 5) is 25.0. The highest BCUT2D eigenvalue weighted by molar-refractivity contribution is 6.30. The first-order valence-corrected chi connectivity index (χ1v) is 10.8. The third-order valence-electron chi connectivity index (χ3n) is 5.94. The second-order valence-electron chi connectivity index (χ2n) is 8.03. The molecule has 6 heteroatoms. The summed E-state index contributed by atoms with van der Waals surface area (Å²) in [6, 6.07) is 14.3. The number of anilines is 1. The van der Waals surface area contributed by atoms with Gasteiger partial charge in [0.1, 0.15) is 11.3 Å². The lowest BCUT2D eigenvalue weighted by Gasteiger charge is -2.22. The van der Waals surface area contributed by atoms with Crippen molar-refractivity contribution in [3.63, 3.8) is 0 Å². The second-order valence-corrected chi connectivity index (χ2v) is 8.46. The number of benzene rings is 2. The van der Waals surface area contributed by atoms with Gasteiger partial charge in [0, 0.05) is 10.7 Å². The number of carbonyl (C=O) groups excluding carboxylic acids is 2. The van der Waals surface area contributed by atoms with Gasteiger partial charge in [-0.2, -0.15) is 0 Å². The van der Waals surface area contributed by atoms with Crippen molar-refractivity contribution in [2.45, 2.75) is 50.5 Å². The number of amides is 2. The summed E-state index contributed by atoms with van der Waals surface area (Å²) in [5, 5.41) is 16.5. The highest BCUT2D eigenvalue weighted by Crippen LogP contribution is 2.33. The van der Waals surface area contributed by atoms with E-state index in [1.165, 1.54) is 37.7 Å². The fourth-order valence-electron chi connectivity index (χ4n) is 4.28. The van der Waals surface area contributed by atoms with E-state index >= 15 is 0 Å². The molecule has 0 spiro atoms. The first-order valence-electron chi connectivity index (χ1n) is 10.4. The van der Waals surface area contributed by atoms with Crippen LogP contribution in [0.15, 0.2) is 59.9 Å². The molecule has 2 aliphatic rings. The van der Waals surface area contributed by atoms with E-state index in [1.54, 1.807) is 12.1 Å². The fourth-order valence-corrected chi connectivity index (χ4v) is 4.41. The molecule has 2 aromatic rings. The third-order valence-corrected chi connectivity index (χ3v) is 6.20. The van der Waals surface area contributed by atoms with Gasteiger partial charge in [-0.05, 0) is 60.6 Å². The van der Waals surface area contributed by atoms with Crippen molar-refractivity contribution in [3.05, 3.63) is 76.0 Å². The lowest BCUT2D eigenvalue weighted by molar-refractivity contribution is -0.120. The fraction of sp³-hybridized carbons (Fsp3) is 0.333. The maximum absolute atomic E-state index is 12.7. The Bertz CT molecular complexity index is 961. The molecule has 0 radical (unpaired) electrons. The minimum atomic E-state index is -0.631. The molecule has 156 valence electrons. The number of hydrogen-bond acceptors (Lipinski definition) is 3. The van der Waals surface area contributed by atoms with Crippen molar-refractivity contribution in [2.24, 2.45) is 0 Å². The molecular weight excluding hydrogens is 400 g/mol. The van der Waals surface area contributed by atoms with Crippen molar-refractivity contribution in [2.75, 3.05) is 5.32 Å². The van der Waals surface area contributed by atoms with Gasteiger partial charge < -0.3 is 15.7 Å². The molecule has 4 rings (SSSR count). The predicted molar refractivity (Wildman–Crippen MR) is 118 cm³/mol. The predicted octanol–water partition coefficient (Wildman–Crippen LogP) is 4.88. The number of hydrogen-bond donors (Lipinski definition) is 3. The number of aliphatic hydroxyl groups excluding tert-OH is 1. The highest BCUT2D eigenvalue weighted by atomic mass is 35.5. The molecule has 1 aliphatic carbocycles. The molecule has 0 bridgehead atoms. The second kappa shape index (κ2) is 8.92. The molecule has 1 heterocycles. The Morgan fingerprint density at radius 1 is 1.03 bits per heavy atom. The summed E-state index contributed by atoms with van der Waals surface area (Å²) >= 11 is 5.89. The molecule has 0 saturated heterocycles. The van der Waals surface area contributed by atoms with E-state index in [2.05, 4.69) is 10.6 Å². The van der Waals surface area contributed by atoms with Crippen LogP contribution in [0.25, 0.3) is 0 Å².